The molecule has 0 aliphatic carbocycles. The van der Waals surface area contributed by atoms with Gasteiger partial charge in [0.1, 0.15) is 25.0 Å². The summed E-state index contributed by atoms with van der Waals surface area (Å²) < 4.78 is 10.7. The van der Waals surface area contributed by atoms with E-state index in [0.717, 1.165) is 12.2 Å². The highest BCUT2D eigenvalue weighted by atomic mass is 35.5. The Morgan fingerprint density at radius 1 is 1.04 bits per heavy atom. The minimum atomic E-state index is -0.855. The van der Waals surface area contributed by atoms with Crippen LogP contribution in [0.4, 0.5) is 0 Å². The molecule has 0 radical (unpaired) electrons. The van der Waals surface area contributed by atoms with Gasteiger partial charge in [-0.25, -0.2) is 0 Å². The molecule has 0 amide bonds. The van der Waals surface area contributed by atoms with E-state index in [0.29, 0.717) is 5.56 Å². The molecule has 0 unspecified atom stereocenters. The largest absolute Gasteiger partial charge is 0.504 e. The molecule has 2 aromatic rings. The third-order valence-corrected chi connectivity index (χ3v) is 4.14. The van der Waals surface area contributed by atoms with E-state index in [9.17, 15) is 15.0 Å². The minimum Gasteiger partial charge on any atom is -0.504 e. The molecular formula is C21H28ClNO5. The van der Waals surface area contributed by atoms with Gasteiger partial charge in [0.25, 0.3) is 0 Å². The van der Waals surface area contributed by atoms with E-state index in [4.69, 9.17) is 15.2 Å². The number of ether oxygens (including phenoxy) is 2. The molecule has 0 aromatic heterocycles. The maximum absolute atomic E-state index is 11.9. The Hall–Kier alpha value is -2.44. The fourth-order valence-electron chi connectivity index (χ4n) is 2.58. The highest BCUT2D eigenvalue weighted by Crippen LogP contribution is 2.25. The Kier molecular flexibility index (Phi) is 10.2. The van der Waals surface area contributed by atoms with Gasteiger partial charge in [0.05, 0.1) is 0 Å². The molecule has 0 heterocycles. The fraction of sp³-hybridized carbons (Fsp3) is 0.381. The van der Waals surface area contributed by atoms with Gasteiger partial charge in [-0.3, -0.25) is 4.79 Å². The Bertz CT molecular complexity index is 736. The van der Waals surface area contributed by atoms with E-state index < -0.39 is 12.0 Å². The first-order chi connectivity index (χ1) is 13.0. The molecule has 6 nitrogen and oxygen atoms in total. The van der Waals surface area contributed by atoms with Crippen molar-refractivity contribution in [2.45, 2.75) is 38.6 Å². The second-order valence-corrected chi connectivity index (χ2v) is 6.40. The molecule has 0 spiro atoms. The van der Waals surface area contributed by atoms with Gasteiger partial charge in [-0.05, 0) is 54.7 Å². The van der Waals surface area contributed by atoms with Crippen molar-refractivity contribution in [1.82, 2.24) is 0 Å². The number of halogens is 1. The first-order valence-corrected chi connectivity index (χ1v) is 9.14. The number of carbonyl (C=O) groups is 1. The van der Waals surface area contributed by atoms with Crippen molar-refractivity contribution in [2.24, 2.45) is 5.73 Å². The standard InChI is InChI=1S/C21H27NO5.ClH/c1-2-3-4-15-5-8-17(9-6-15)26-11-12-27-21(25)18(22)13-16-7-10-19(23)20(24)14-16;/h5-10,14,18,23-24H,2-4,11-13,22H2,1H3;1H/t18-;/m0./s1. The molecule has 0 saturated carbocycles. The molecule has 0 fully saturated rings. The molecule has 0 aliphatic heterocycles. The Balaban J connectivity index is 0.00000392. The summed E-state index contributed by atoms with van der Waals surface area (Å²) in [5.41, 5.74) is 7.74. The Morgan fingerprint density at radius 3 is 2.36 bits per heavy atom. The number of unbranched alkanes of at least 4 members (excludes halogenated alkanes) is 1. The minimum absolute atomic E-state index is 0. The third-order valence-electron chi connectivity index (χ3n) is 4.14. The number of aryl methyl sites for hydroxylation is 1. The van der Waals surface area contributed by atoms with Crippen molar-refractivity contribution < 1.29 is 24.5 Å². The second kappa shape index (κ2) is 12.1. The van der Waals surface area contributed by atoms with Crippen LogP contribution in [0.3, 0.4) is 0 Å². The Labute approximate surface area is 171 Å². The van der Waals surface area contributed by atoms with Crippen LogP contribution in [0.5, 0.6) is 17.2 Å². The van der Waals surface area contributed by atoms with Crippen LogP contribution in [0.1, 0.15) is 30.9 Å². The second-order valence-electron chi connectivity index (χ2n) is 6.40. The SMILES string of the molecule is CCCCc1ccc(OCCOC(=O)[C@@H](N)Cc2ccc(O)c(O)c2)cc1.Cl. The highest BCUT2D eigenvalue weighted by molar-refractivity contribution is 5.85. The van der Waals surface area contributed by atoms with Gasteiger partial charge in [-0.15, -0.1) is 12.4 Å². The number of esters is 1. The molecular weight excluding hydrogens is 382 g/mol. The summed E-state index contributed by atoms with van der Waals surface area (Å²) in [7, 11) is 0. The number of nitrogens with two attached hydrogens (primary N) is 1. The van der Waals surface area contributed by atoms with Gasteiger partial charge in [-0.1, -0.05) is 31.5 Å². The Morgan fingerprint density at radius 2 is 1.71 bits per heavy atom. The molecule has 0 aliphatic rings. The van der Waals surface area contributed by atoms with Crippen molar-refractivity contribution in [2.75, 3.05) is 13.2 Å². The number of phenolic OH excluding ortho intramolecular Hbond substituents is 2. The van der Waals surface area contributed by atoms with E-state index in [1.165, 1.54) is 30.5 Å². The average Bonchev–Trinajstić information content (AvgIpc) is 2.67. The van der Waals surface area contributed by atoms with Gasteiger partial charge >= 0.3 is 5.97 Å². The molecule has 2 aromatic carbocycles. The summed E-state index contributed by atoms with van der Waals surface area (Å²) in [6.45, 7) is 2.51. The predicted octanol–water partition coefficient (Wildman–Crippen LogP) is 3.35. The maximum Gasteiger partial charge on any atom is 0.323 e. The summed E-state index contributed by atoms with van der Waals surface area (Å²) in [5.74, 6) is -0.274. The topological polar surface area (TPSA) is 102 Å². The smallest absolute Gasteiger partial charge is 0.323 e. The van der Waals surface area contributed by atoms with E-state index in [1.807, 2.05) is 24.3 Å². The zero-order valence-corrected chi connectivity index (χ0v) is 16.8. The van der Waals surface area contributed by atoms with Gasteiger partial charge < -0.3 is 25.4 Å². The first-order valence-electron chi connectivity index (χ1n) is 9.14. The number of hydrogen-bond acceptors (Lipinski definition) is 6. The fourth-order valence-corrected chi connectivity index (χ4v) is 2.58. The van der Waals surface area contributed by atoms with Crippen LogP contribution in [0.25, 0.3) is 0 Å². The number of hydrogen-bond donors (Lipinski definition) is 3. The first kappa shape index (κ1) is 23.6. The van der Waals surface area contributed by atoms with Crippen LogP contribution in [0.15, 0.2) is 42.5 Å². The van der Waals surface area contributed by atoms with Crippen LogP contribution in [0.2, 0.25) is 0 Å². The van der Waals surface area contributed by atoms with Crippen LogP contribution >= 0.6 is 12.4 Å². The van der Waals surface area contributed by atoms with E-state index in [1.54, 1.807) is 6.07 Å². The molecule has 0 bridgehead atoms. The van der Waals surface area contributed by atoms with Crippen molar-refractivity contribution in [3.8, 4) is 17.2 Å². The quantitative estimate of drug-likeness (QED) is 0.316. The number of phenols is 2. The third kappa shape index (κ3) is 7.66. The molecule has 28 heavy (non-hydrogen) atoms. The van der Waals surface area contributed by atoms with E-state index in [-0.39, 0.29) is 43.5 Å². The monoisotopic (exact) mass is 409 g/mol. The van der Waals surface area contributed by atoms with E-state index in [2.05, 4.69) is 6.92 Å². The highest BCUT2D eigenvalue weighted by Gasteiger charge is 2.16. The maximum atomic E-state index is 11.9. The number of rotatable bonds is 10. The van der Waals surface area contributed by atoms with Gasteiger partial charge in [0.15, 0.2) is 11.5 Å². The lowest BCUT2D eigenvalue weighted by Gasteiger charge is -2.13. The molecule has 4 N–H and O–H groups in total. The van der Waals surface area contributed by atoms with Crippen molar-refractivity contribution in [3.05, 3.63) is 53.6 Å². The number of aromatic hydroxyl groups is 2. The number of benzene rings is 2. The normalized spacial score (nSPS) is 11.4. The van der Waals surface area contributed by atoms with Crippen LogP contribution in [-0.4, -0.2) is 35.4 Å². The lowest BCUT2D eigenvalue weighted by atomic mass is 10.1. The van der Waals surface area contributed by atoms with Crippen LogP contribution < -0.4 is 10.5 Å². The molecule has 2 rings (SSSR count). The number of carbonyl (C=O) groups excluding carboxylic acids is 1. The zero-order valence-electron chi connectivity index (χ0n) is 16.0. The summed E-state index contributed by atoms with van der Waals surface area (Å²) in [6, 6.07) is 11.4. The van der Waals surface area contributed by atoms with Crippen LogP contribution in [-0.2, 0) is 22.4 Å². The van der Waals surface area contributed by atoms with Gasteiger partial charge in [-0.2, -0.15) is 0 Å². The lowest BCUT2D eigenvalue weighted by Crippen LogP contribution is -2.35. The summed E-state index contributed by atoms with van der Waals surface area (Å²) in [5, 5.41) is 18.8. The van der Waals surface area contributed by atoms with Gasteiger partial charge in [0, 0.05) is 0 Å². The van der Waals surface area contributed by atoms with Crippen molar-refractivity contribution in [3.63, 3.8) is 0 Å². The summed E-state index contributed by atoms with van der Waals surface area (Å²) in [4.78, 5) is 11.9. The molecule has 154 valence electrons. The van der Waals surface area contributed by atoms with E-state index >= 15 is 0 Å². The lowest BCUT2D eigenvalue weighted by molar-refractivity contribution is -0.145. The molecule has 0 saturated heterocycles. The molecule has 7 heteroatoms. The summed E-state index contributed by atoms with van der Waals surface area (Å²) in [6.07, 6.45) is 3.59. The average molecular weight is 410 g/mol. The zero-order chi connectivity index (χ0) is 19.6. The van der Waals surface area contributed by atoms with Crippen molar-refractivity contribution >= 4 is 18.4 Å². The summed E-state index contributed by atoms with van der Waals surface area (Å²) >= 11 is 0. The molecule has 1 atom stereocenters. The van der Waals surface area contributed by atoms with Gasteiger partial charge in [0.2, 0.25) is 0 Å². The van der Waals surface area contributed by atoms with Crippen molar-refractivity contribution in [1.29, 1.82) is 0 Å². The van der Waals surface area contributed by atoms with Crippen LogP contribution in [0, 0.1) is 0 Å². The predicted molar refractivity (Wildman–Crippen MR) is 110 cm³/mol.